The molecule has 0 saturated heterocycles. The summed E-state index contributed by atoms with van der Waals surface area (Å²) in [6.07, 6.45) is 0. The van der Waals surface area contributed by atoms with E-state index in [9.17, 15) is 9.59 Å². The number of hydrogen-bond donors (Lipinski definition) is 2. The Morgan fingerprint density at radius 3 is 2.75 bits per heavy atom. The molecule has 0 saturated carbocycles. The highest BCUT2D eigenvalue weighted by molar-refractivity contribution is 7.16. The van der Waals surface area contributed by atoms with Crippen LogP contribution in [0.2, 0.25) is 0 Å². The van der Waals surface area contributed by atoms with Gasteiger partial charge in [0.1, 0.15) is 4.70 Å². The van der Waals surface area contributed by atoms with Gasteiger partial charge in [-0.2, -0.15) is 0 Å². The number of para-hydroxylation sites is 1. The van der Waals surface area contributed by atoms with Gasteiger partial charge in [-0.15, -0.1) is 0 Å². The molecule has 0 amide bonds. The molecule has 0 spiro atoms. The minimum absolute atomic E-state index is 0.200. The number of aryl methyl sites for hydroxylation is 1. The van der Waals surface area contributed by atoms with Crippen LogP contribution in [-0.2, 0) is 0 Å². The fourth-order valence-electron chi connectivity index (χ4n) is 1.89. The molecule has 2 aromatic heterocycles. The van der Waals surface area contributed by atoms with Gasteiger partial charge < -0.3 is 9.97 Å². The summed E-state index contributed by atoms with van der Waals surface area (Å²) in [7, 11) is 0. The summed E-state index contributed by atoms with van der Waals surface area (Å²) in [6, 6.07) is 5.73. The lowest BCUT2D eigenvalue weighted by Crippen LogP contribution is -2.05. The summed E-state index contributed by atoms with van der Waals surface area (Å²) in [5, 5.41) is 0.882. The highest BCUT2D eigenvalue weighted by Crippen LogP contribution is 2.22. The molecule has 0 radical (unpaired) electrons. The van der Waals surface area contributed by atoms with E-state index in [-0.39, 0.29) is 10.4 Å². The third-order valence-corrected chi connectivity index (χ3v) is 3.52. The first-order valence-corrected chi connectivity index (χ1v) is 5.63. The predicted molar refractivity (Wildman–Crippen MR) is 65.3 cm³/mol. The molecule has 3 aromatic rings. The molecule has 0 aliphatic carbocycles. The van der Waals surface area contributed by atoms with Crippen LogP contribution in [0.5, 0.6) is 0 Å². The number of H-pyrrole nitrogens is 2. The van der Waals surface area contributed by atoms with Gasteiger partial charge in [0.05, 0.1) is 11.0 Å². The van der Waals surface area contributed by atoms with E-state index in [1.54, 1.807) is 0 Å². The number of pyridine rings is 1. The average molecular weight is 232 g/mol. The number of aromatic nitrogens is 2. The van der Waals surface area contributed by atoms with Gasteiger partial charge in [0.15, 0.2) is 0 Å². The van der Waals surface area contributed by atoms with Crippen LogP contribution in [0.25, 0.3) is 21.1 Å². The molecule has 2 heterocycles. The summed E-state index contributed by atoms with van der Waals surface area (Å²) < 4.78 is 0.461. The second-order valence-electron chi connectivity index (χ2n) is 3.67. The Balaban J connectivity index is 2.74. The molecule has 5 heteroatoms. The van der Waals surface area contributed by atoms with Crippen LogP contribution in [0.4, 0.5) is 0 Å². The molecule has 3 rings (SSSR count). The van der Waals surface area contributed by atoms with E-state index in [4.69, 9.17) is 0 Å². The van der Waals surface area contributed by atoms with Gasteiger partial charge in [-0.05, 0) is 12.5 Å². The molecule has 80 valence electrons. The van der Waals surface area contributed by atoms with Crippen LogP contribution in [0, 0.1) is 6.92 Å². The standard InChI is InChI=1S/C11H8N2O2S/c1-5-3-2-4-6-7(5)12-10(14)9-8(6)13-11(15)16-9/h2-4H,1H3,(H,12,14)(H,13,15). The zero-order valence-corrected chi connectivity index (χ0v) is 9.27. The van der Waals surface area contributed by atoms with Crippen molar-refractivity contribution in [1.29, 1.82) is 0 Å². The molecule has 0 aliphatic heterocycles. The Hall–Kier alpha value is -1.88. The lowest BCUT2D eigenvalue weighted by Gasteiger charge is -2.01. The second kappa shape index (κ2) is 3.05. The molecule has 16 heavy (non-hydrogen) atoms. The van der Waals surface area contributed by atoms with E-state index in [2.05, 4.69) is 9.97 Å². The van der Waals surface area contributed by atoms with Gasteiger partial charge in [0, 0.05) is 5.39 Å². The number of benzene rings is 1. The molecule has 0 atom stereocenters. The number of fused-ring (bicyclic) bond motifs is 3. The van der Waals surface area contributed by atoms with Crippen molar-refractivity contribution in [2.45, 2.75) is 6.92 Å². The van der Waals surface area contributed by atoms with E-state index in [0.717, 1.165) is 27.8 Å². The summed E-state index contributed by atoms with van der Waals surface area (Å²) in [5.41, 5.74) is 2.20. The van der Waals surface area contributed by atoms with Crippen molar-refractivity contribution in [2.75, 3.05) is 0 Å². The zero-order valence-electron chi connectivity index (χ0n) is 8.46. The quantitative estimate of drug-likeness (QED) is 0.620. The minimum Gasteiger partial charge on any atom is -0.320 e. The van der Waals surface area contributed by atoms with Crippen LogP contribution < -0.4 is 10.4 Å². The summed E-state index contributed by atoms with van der Waals surface area (Å²) in [6.45, 7) is 1.93. The van der Waals surface area contributed by atoms with Crippen LogP contribution in [0.15, 0.2) is 27.8 Å². The summed E-state index contributed by atoms with van der Waals surface area (Å²) in [4.78, 5) is 28.4. The smallest absolute Gasteiger partial charge is 0.305 e. The van der Waals surface area contributed by atoms with E-state index < -0.39 is 0 Å². The van der Waals surface area contributed by atoms with Crippen molar-refractivity contribution in [3.63, 3.8) is 0 Å². The van der Waals surface area contributed by atoms with Crippen molar-refractivity contribution in [2.24, 2.45) is 0 Å². The first-order valence-electron chi connectivity index (χ1n) is 4.81. The SMILES string of the molecule is Cc1cccc2c1[nH]c(=O)c1sc(=O)[nH]c12. The molecule has 0 fully saturated rings. The van der Waals surface area contributed by atoms with E-state index >= 15 is 0 Å². The van der Waals surface area contributed by atoms with Gasteiger partial charge in [0.2, 0.25) is 0 Å². The first-order chi connectivity index (χ1) is 7.66. The molecule has 1 aromatic carbocycles. The maximum atomic E-state index is 11.8. The Labute approximate surface area is 93.6 Å². The molecular formula is C11H8N2O2S. The fourth-order valence-corrected chi connectivity index (χ4v) is 2.64. The summed E-state index contributed by atoms with van der Waals surface area (Å²) in [5.74, 6) is 0. The Morgan fingerprint density at radius 1 is 1.12 bits per heavy atom. The highest BCUT2D eigenvalue weighted by atomic mass is 32.1. The topological polar surface area (TPSA) is 65.7 Å². The van der Waals surface area contributed by atoms with Crippen molar-refractivity contribution >= 4 is 32.5 Å². The van der Waals surface area contributed by atoms with Crippen LogP contribution in [0.3, 0.4) is 0 Å². The number of nitrogens with one attached hydrogen (secondary N) is 2. The van der Waals surface area contributed by atoms with Crippen molar-refractivity contribution in [3.8, 4) is 0 Å². The Morgan fingerprint density at radius 2 is 1.94 bits per heavy atom. The van der Waals surface area contributed by atoms with Gasteiger partial charge >= 0.3 is 4.87 Å². The molecule has 0 aliphatic rings. The predicted octanol–water partition coefficient (Wildman–Crippen LogP) is 1.74. The van der Waals surface area contributed by atoms with Crippen LogP contribution >= 0.6 is 11.3 Å². The van der Waals surface area contributed by atoms with Crippen LogP contribution in [0.1, 0.15) is 5.56 Å². The minimum atomic E-state index is -0.208. The van der Waals surface area contributed by atoms with E-state index in [0.29, 0.717) is 10.2 Å². The van der Waals surface area contributed by atoms with Crippen molar-refractivity contribution in [1.82, 2.24) is 9.97 Å². The highest BCUT2D eigenvalue weighted by Gasteiger charge is 2.09. The molecule has 2 N–H and O–H groups in total. The summed E-state index contributed by atoms with van der Waals surface area (Å²) >= 11 is 0.945. The first kappa shape index (κ1) is 9.35. The van der Waals surface area contributed by atoms with Gasteiger partial charge in [-0.3, -0.25) is 9.59 Å². The Kier molecular flexibility index (Phi) is 1.79. The average Bonchev–Trinajstić information content (AvgIpc) is 2.63. The van der Waals surface area contributed by atoms with Crippen molar-refractivity contribution < 1.29 is 0 Å². The third kappa shape index (κ3) is 1.15. The van der Waals surface area contributed by atoms with Gasteiger partial charge in [-0.1, -0.05) is 29.5 Å². The number of aromatic amines is 2. The second-order valence-corrected chi connectivity index (χ2v) is 4.65. The van der Waals surface area contributed by atoms with E-state index in [1.807, 2.05) is 25.1 Å². The number of rotatable bonds is 0. The lowest BCUT2D eigenvalue weighted by atomic mass is 10.1. The number of hydrogen-bond acceptors (Lipinski definition) is 3. The third-order valence-electron chi connectivity index (χ3n) is 2.64. The monoisotopic (exact) mass is 232 g/mol. The normalized spacial score (nSPS) is 11.3. The zero-order chi connectivity index (χ0) is 11.3. The molecule has 4 nitrogen and oxygen atoms in total. The van der Waals surface area contributed by atoms with Crippen LogP contribution in [-0.4, -0.2) is 9.97 Å². The molecular weight excluding hydrogens is 224 g/mol. The molecule has 0 bridgehead atoms. The van der Waals surface area contributed by atoms with Crippen molar-refractivity contribution in [3.05, 3.63) is 43.8 Å². The fraction of sp³-hybridized carbons (Fsp3) is 0.0909. The molecule has 0 unspecified atom stereocenters. The van der Waals surface area contributed by atoms with E-state index in [1.165, 1.54) is 0 Å². The van der Waals surface area contributed by atoms with Gasteiger partial charge in [0.25, 0.3) is 5.56 Å². The lowest BCUT2D eigenvalue weighted by molar-refractivity contribution is 1.31. The largest absolute Gasteiger partial charge is 0.320 e. The number of thiazole rings is 1. The maximum absolute atomic E-state index is 11.8. The maximum Gasteiger partial charge on any atom is 0.305 e. The van der Waals surface area contributed by atoms with Gasteiger partial charge in [-0.25, -0.2) is 0 Å². The Bertz CT molecular complexity index is 810.